The standard InChI is InChI=1S/C13H23N5O/c1-13(2,17-8-3-4-9-17)12(19)14-6-5-10-18-11-7-15-16-18/h7,11H,3-6,8-10H2,1-2H3,(H,14,19). The zero-order valence-corrected chi connectivity index (χ0v) is 11.8. The van der Waals surface area contributed by atoms with Crippen LogP contribution in [0.25, 0.3) is 0 Å². The van der Waals surface area contributed by atoms with Crippen molar-refractivity contribution in [2.45, 2.75) is 45.2 Å². The van der Waals surface area contributed by atoms with E-state index in [0.717, 1.165) is 26.1 Å². The van der Waals surface area contributed by atoms with E-state index in [0.29, 0.717) is 6.54 Å². The average Bonchev–Trinajstić information content (AvgIpc) is 3.06. The van der Waals surface area contributed by atoms with Gasteiger partial charge in [-0.15, -0.1) is 5.10 Å². The van der Waals surface area contributed by atoms with E-state index in [1.54, 1.807) is 10.9 Å². The van der Waals surface area contributed by atoms with Gasteiger partial charge in [-0.3, -0.25) is 14.4 Å². The molecule has 0 atom stereocenters. The quantitative estimate of drug-likeness (QED) is 0.768. The molecule has 2 heterocycles. The molecule has 1 aliphatic heterocycles. The summed E-state index contributed by atoms with van der Waals surface area (Å²) in [6.07, 6.45) is 6.75. The summed E-state index contributed by atoms with van der Waals surface area (Å²) in [6, 6.07) is 0. The van der Waals surface area contributed by atoms with Gasteiger partial charge < -0.3 is 5.32 Å². The highest BCUT2D eigenvalue weighted by molar-refractivity contribution is 5.85. The molecule has 0 aromatic carbocycles. The van der Waals surface area contributed by atoms with Crippen molar-refractivity contribution in [2.75, 3.05) is 19.6 Å². The Labute approximate surface area is 114 Å². The van der Waals surface area contributed by atoms with Crippen molar-refractivity contribution in [3.63, 3.8) is 0 Å². The van der Waals surface area contributed by atoms with Gasteiger partial charge in [-0.05, 0) is 46.2 Å². The third-order valence-corrected chi connectivity index (χ3v) is 3.77. The van der Waals surface area contributed by atoms with Crippen molar-refractivity contribution < 1.29 is 4.79 Å². The highest BCUT2D eigenvalue weighted by Gasteiger charge is 2.35. The van der Waals surface area contributed by atoms with Crippen LogP contribution in [0.1, 0.15) is 33.1 Å². The predicted molar refractivity (Wildman–Crippen MR) is 72.5 cm³/mol. The molecule has 0 unspecified atom stereocenters. The van der Waals surface area contributed by atoms with Crippen LogP contribution in [0.4, 0.5) is 0 Å². The first-order valence-corrected chi connectivity index (χ1v) is 6.98. The number of carbonyl (C=O) groups is 1. The molecular formula is C13H23N5O. The molecule has 1 aliphatic rings. The zero-order chi connectivity index (χ0) is 13.7. The minimum absolute atomic E-state index is 0.119. The minimum Gasteiger partial charge on any atom is -0.354 e. The molecule has 1 aromatic rings. The molecule has 6 nitrogen and oxygen atoms in total. The molecule has 1 amide bonds. The van der Waals surface area contributed by atoms with Gasteiger partial charge in [0.15, 0.2) is 0 Å². The van der Waals surface area contributed by atoms with Crippen molar-refractivity contribution >= 4 is 5.91 Å². The summed E-state index contributed by atoms with van der Waals surface area (Å²) in [6.45, 7) is 7.52. The highest BCUT2D eigenvalue weighted by Crippen LogP contribution is 2.20. The van der Waals surface area contributed by atoms with E-state index < -0.39 is 5.54 Å². The topological polar surface area (TPSA) is 63.1 Å². The first-order valence-electron chi connectivity index (χ1n) is 6.98. The molecular weight excluding hydrogens is 242 g/mol. The van der Waals surface area contributed by atoms with E-state index in [2.05, 4.69) is 20.5 Å². The van der Waals surface area contributed by atoms with Crippen molar-refractivity contribution in [3.8, 4) is 0 Å². The van der Waals surface area contributed by atoms with Gasteiger partial charge in [-0.1, -0.05) is 5.21 Å². The van der Waals surface area contributed by atoms with Crippen molar-refractivity contribution in [2.24, 2.45) is 0 Å². The minimum atomic E-state index is -0.399. The summed E-state index contributed by atoms with van der Waals surface area (Å²) in [5.74, 6) is 0.119. The SMILES string of the molecule is CC(C)(C(=O)NCCCn1ccnn1)N1CCCC1. The van der Waals surface area contributed by atoms with Crippen molar-refractivity contribution in [1.82, 2.24) is 25.2 Å². The van der Waals surface area contributed by atoms with Crippen LogP contribution in [0.2, 0.25) is 0 Å². The Kier molecular flexibility index (Phi) is 4.52. The summed E-state index contributed by atoms with van der Waals surface area (Å²) in [4.78, 5) is 14.5. The Morgan fingerprint density at radius 1 is 1.37 bits per heavy atom. The Bertz CT molecular complexity index is 395. The van der Waals surface area contributed by atoms with Crippen molar-refractivity contribution in [3.05, 3.63) is 12.4 Å². The molecule has 1 fully saturated rings. The fraction of sp³-hybridized carbons (Fsp3) is 0.769. The maximum absolute atomic E-state index is 12.2. The van der Waals surface area contributed by atoms with E-state index in [9.17, 15) is 4.79 Å². The fourth-order valence-corrected chi connectivity index (χ4v) is 2.43. The molecule has 1 saturated heterocycles. The lowest BCUT2D eigenvalue weighted by atomic mass is 10.0. The largest absolute Gasteiger partial charge is 0.354 e. The van der Waals surface area contributed by atoms with Gasteiger partial charge in [0.05, 0.1) is 11.7 Å². The predicted octanol–water partition coefficient (Wildman–Crippen LogP) is 0.659. The van der Waals surface area contributed by atoms with E-state index in [-0.39, 0.29) is 5.91 Å². The van der Waals surface area contributed by atoms with Gasteiger partial charge in [-0.25, -0.2) is 0 Å². The average molecular weight is 265 g/mol. The number of aryl methyl sites for hydroxylation is 1. The third-order valence-electron chi connectivity index (χ3n) is 3.77. The van der Waals surface area contributed by atoms with Crippen LogP contribution in [0.3, 0.4) is 0 Å². The van der Waals surface area contributed by atoms with Gasteiger partial charge in [0.1, 0.15) is 0 Å². The molecule has 106 valence electrons. The monoisotopic (exact) mass is 265 g/mol. The molecule has 1 N–H and O–H groups in total. The van der Waals surface area contributed by atoms with Gasteiger partial charge >= 0.3 is 0 Å². The van der Waals surface area contributed by atoms with Crippen LogP contribution in [0.15, 0.2) is 12.4 Å². The number of hydrogen-bond acceptors (Lipinski definition) is 4. The Morgan fingerprint density at radius 2 is 2.11 bits per heavy atom. The van der Waals surface area contributed by atoms with Crippen LogP contribution in [0.5, 0.6) is 0 Å². The second-order valence-corrected chi connectivity index (χ2v) is 5.53. The smallest absolute Gasteiger partial charge is 0.239 e. The maximum Gasteiger partial charge on any atom is 0.239 e. The Morgan fingerprint density at radius 3 is 2.74 bits per heavy atom. The maximum atomic E-state index is 12.2. The first-order chi connectivity index (χ1) is 9.10. The summed E-state index contributed by atoms with van der Waals surface area (Å²) in [5, 5.41) is 10.7. The van der Waals surface area contributed by atoms with E-state index >= 15 is 0 Å². The van der Waals surface area contributed by atoms with E-state index in [4.69, 9.17) is 0 Å². The summed E-state index contributed by atoms with van der Waals surface area (Å²) in [7, 11) is 0. The Balaban J connectivity index is 1.71. The highest BCUT2D eigenvalue weighted by atomic mass is 16.2. The number of aromatic nitrogens is 3. The van der Waals surface area contributed by atoms with Gasteiger partial charge in [0, 0.05) is 19.3 Å². The van der Waals surface area contributed by atoms with E-state index in [1.165, 1.54) is 12.8 Å². The number of carbonyl (C=O) groups excluding carboxylic acids is 1. The third kappa shape index (κ3) is 3.53. The van der Waals surface area contributed by atoms with Crippen LogP contribution < -0.4 is 5.32 Å². The van der Waals surface area contributed by atoms with Gasteiger partial charge in [0.2, 0.25) is 5.91 Å². The van der Waals surface area contributed by atoms with Crippen LogP contribution in [0, 0.1) is 0 Å². The second kappa shape index (κ2) is 6.14. The molecule has 0 aliphatic carbocycles. The Hall–Kier alpha value is -1.43. The summed E-state index contributed by atoms with van der Waals surface area (Å²) < 4.78 is 1.78. The lowest BCUT2D eigenvalue weighted by molar-refractivity contribution is -0.131. The van der Waals surface area contributed by atoms with Crippen LogP contribution >= 0.6 is 0 Å². The van der Waals surface area contributed by atoms with Crippen LogP contribution in [-0.2, 0) is 11.3 Å². The fourth-order valence-electron chi connectivity index (χ4n) is 2.43. The second-order valence-electron chi connectivity index (χ2n) is 5.53. The van der Waals surface area contributed by atoms with Gasteiger partial charge in [-0.2, -0.15) is 0 Å². The summed E-state index contributed by atoms with van der Waals surface area (Å²) >= 11 is 0. The number of amides is 1. The van der Waals surface area contributed by atoms with Gasteiger partial charge in [0.25, 0.3) is 0 Å². The van der Waals surface area contributed by atoms with Crippen LogP contribution in [-0.4, -0.2) is 51.0 Å². The molecule has 2 rings (SSSR count). The lowest BCUT2D eigenvalue weighted by Gasteiger charge is -2.33. The number of nitrogens with zero attached hydrogens (tertiary/aromatic N) is 4. The number of likely N-dealkylation sites (tertiary alicyclic amines) is 1. The lowest BCUT2D eigenvalue weighted by Crippen LogP contribution is -2.54. The van der Waals surface area contributed by atoms with E-state index in [1.807, 2.05) is 20.0 Å². The number of hydrogen-bond donors (Lipinski definition) is 1. The molecule has 0 spiro atoms. The van der Waals surface area contributed by atoms with Crippen molar-refractivity contribution in [1.29, 1.82) is 0 Å². The molecule has 19 heavy (non-hydrogen) atoms. The molecule has 0 bridgehead atoms. The molecule has 6 heteroatoms. The number of rotatable bonds is 6. The molecule has 0 radical (unpaired) electrons. The normalized spacial score (nSPS) is 16.7. The zero-order valence-electron chi connectivity index (χ0n) is 11.8. The first kappa shape index (κ1) is 14.0. The summed E-state index contributed by atoms with van der Waals surface area (Å²) in [5.41, 5.74) is -0.399. The number of nitrogens with one attached hydrogen (secondary N) is 1. The molecule has 0 saturated carbocycles. The molecule has 1 aromatic heterocycles.